The first-order valence-electron chi connectivity index (χ1n) is 10.3. The fraction of sp³-hybridized carbons (Fsp3) is 0.435. The van der Waals surface area contributed by atoms with Crippen LogP contribution in [0.1, 0.15) is 31.5 Å². The van der Waals surface area contributed by atoms with Crippen LogP contribution in [0.2, 0.25) is 0 Å². The molecule has 2 heterocycles. The van der Waals surface area contributed by atoms with Crippen molar-refractivity contribution in [3.63, 3.8) is 0 Å². The van der Waals surface area contributed by atoms with E-state index < -0.39 is 0 Å². The number of methoxy groups -OCH3 is 1. The van der Waals surface area contributed by atoms with Crippen LogP contribution in [0.5, 0.6) is 11.5 Å². The molecule has 0 N–H and O–H groups in total. The third-order valence-electron chi connectivity index (χ3n) is 5.40. The smallest absolute Gasteiger partial charge is 0.161 e. The summed E-state index contributed by atoms with van der Waals surface area (Å²) < 4.78 is 13.7. The number of fused-ring (bicyclic) bond motifs is 1. The van der Waals surface area contributed by atoms with E-state index in [2.05, 4.69) is 33.7 Å². The van der Waals surface area contributed by atoms with Gasteiger partial charge in [-0.15, -0.1) is 0 Å². The predicted molar refractivity (Wildman–Crippen MR) is 112 cm³/mol. The van der Waals surface area contributed by atoms with E-state index in [9.17, 15) is 0 Å². The number of ether oxygens (including phenoxy) is 2. The van der Waals surface area contributed by atoms with E-state index in [4.69, 9.17) is 14.5 Å². The van der Waals surface area contributed by atoms with Crippen LogP contribution in [0.25, 0.3) is 11.0 Å². The van der Waals surface area contributed by atoms with Crippen LogP contribution >= 0.6 is 0 Å². The third kappa shape index (κ3) is 4.30. The van der Waals surface area contributed by atoms with Gasteiger partial charge in [-0.2, -0.15) is 0 Å². The number of hydrogen-bond donors (Lipinski definition) is 0. The van der Waals surface area contributed by atoms with Gasteiger partial charge in [-0.25, -0.2) is 4.98 Å². The van der Waals surface area contributed by atoms with Crippen LogP contribution in [0.4, 0.5) is 0 Å². The second kappa shape index (κ2) is 9.11. The summed E-state index contributed by atoms with van der Waals surface area (Å²) in [7, 11) is 1.67. The first kappa shape index (κ1) is 18.8. The number of aromatic nitrogens is 2. The molecule has 3 aromatic rings. The molecule has 0 bridgehead atoms. The monoisotopic (exact) mass is 379 g/mol. The Hall–Kier alpha value is -2.53. The molecule has 2 aromatic carbocycles. The van der Waals surface area contributed by atoms with E-state index >= 15 is 0 Å². The number of likely N-dealkylation sites (tertiary alicyclic amines) is 1. The molecule has 28 heavy (non-hydrogen) atoms. The first-order chi connectivity index (χ1) is 13.8. The number of imidazole rings is 1. The minimum atomic E-state index is 0.689. The van der Waals surface area contributed by atoms with Crippen LogP contribution in [0.3, 0.4) is 0 Å². The third-order valence-corrected chi connectivity index (χ3v) is 5.40. The maximum absolute atomic E-state index is 5.91. The van der Waals surface area contributed by atoms with Gasteiger partial charge in [0.05, 0.1) is 31.3 Å². The average molecular weight is 380 g/mol. The van der Waals surface area contributed by atoms with E-state index in [0.717, 1.165) is 42.9 Å². The summed E-state index contributed by atoms with van der Waals surface area (Å²) in [6, 6.07) is 16.3. The van der Waals surface area contributed by atoms with Gasteiger partial charge >= 0.3 is 0 Å². The van der Waals surface area contributed by atoms with Gasteiger partial charge in [0.25, 0.3) is 0 Å². The predicted octanol–water partition coefficient (Wildman–Crippen LogP) is 4.50. The first-order valence-corrected chi connectivity index (χ1v) is 10.3. The fourth-order valence-corrected chi connectivity index (χ4v) is 3.93. The molecule has 1 saturated heterocycles. The van der Waals surface area contributed by atoms with Gasteiger partial charge in [-0.05, 0) is 63.0 Å². The number of nitrogens with zero attached hydrogens (tertiary/aromatic N) is 3. The lowest BCUT2D eigenvalue weighted by molar-refractivity contribution is 0.282. The van der Waals surface area contributed by atoms with Crippen molar-refractivity contribution in [1.29, 1.82) is 0 Å². The lowest BCUT2D eigenvalue weighted by atomic mass is 10.3. The topological polar surface area (TPSA) is 39.5 Å². The van der Waals surface area contributed by atoms with Gasteiger partial charge in [-0.1, -0.05) is 24.3 Å². The molecule has 5 heteroatoms. The molecule has 1 aliphatic heterocycles. The van der Waals surface area contributed by atoms with Crippen molar-refractivity contribution in [3.05, 3.63) is 54.4 Å². The fourth-order valence-electron chi connectivity index (χ4n) is 3.93. The highest BCUT2D eigenvalue weighted by Crippen LogP contribution is 2.26. The van der Waals surface area contributed by atoms with Crippen molar-refractivity contribution in [1.82, 2.24) is 14.5 Å². The molecule has 0 amide bonds. The molecule has 0 atom stereocenters. The molecule has 1 aliphatic rings. The molecule has 1 aromatic heterocycles. The van der Waals surface area contributed by atoms with Crippen molar-refractivity contribution in [3.8, 4) is 11.5 Å². The highest BCUT2D eigenvalue weighted by Gasteiger charge is 2.17. The quantitative estimate of drug-likeness (QED) is 0.513. The zero-order valence-corrected chi connectivity index (χ0v) is 16.6. The molecule has 5 nitrogen and oxygen atoms in total. The van der Waals surface area contributed by atoms with Gasteiger partial charge in [0.15, 0.2) is 11.5 Å². The maximum Gasteiger partial charge on any atom is 0.161 e. The Morgan fingerprint density at radius 2 is 1.68 bits per heavy atom. The molecule has 0 spiro atoms. The summed E-state index contributed by atoms with van der Waals surface area (Å²) in [5, 5.41) is 0. The molecule has 1 fully saturated rings. The van der Waals surface area contributed by atoms with Crippen molar-refractivity contribution in [2.75, 3.05) is 26.8 Å². The Labute approximate surface area is 166 Å². The Morgan fingerprint density at radius 1 is 0.929 bits per heavy atom. The molecular formula is C23H29N3O2. The molecule has 4 rings (SSSR count). The van der Waals surface area contributed by atoms with E-state index in [1.54, 1.807) is 7.11 Å². The SMILES string of the molecule is COc1ccccc1OCCCCn1c(CN2CCCC2)nc2ccccc21. The summed E-state index contributed by atoms with van der Waals surface area (Å²) in [5.41, 5.74) is 2.34. The molecular weight excluding hydrogens is 350 g/mol. The highest BCUT2D eigenvalue weighted by atomic mass is 16.5. The van der Waals surface area contributed by atoms with Gasteiger partial charge < -0.3 is 14.0 Å². The number of unbranched alkanes of at least 4 members (excludes halogenated alkanes) is 1. The minimum Gasteiger partial charge on any atom is -0.493 e. The summed E-state index contributed by atoms with van der Waals surface area (Å²) in [5.74, 6) is 2.79. The molecule has 0 radical (unpaired) electrons. The standard InChI is InChI=1S/C23H29N3O2/c1-27-21-12-4-5-13-22(21)28-17-9-8-16-26-20-11-3-2-10-19(20)24-23(26)18-25-14-6-7-15-25/h2-5,10-13H,6-9,14-18H2,1H3. The average Bonchev–Trinajstić information content (AvgIpc) is 3.36. The van der Waals surface area contributed by atoms with Crippen molar-refractivity contribution in [2.45, 2.75) is 38.8 Å². The van der Waals surface area contributed by atoms with Crippen molar-refractivity contribution >= 4 is 11.0 Å². The Balaban J connectivity index is 1.37. The Kier molecular flexibility index (Phi) is 6.12. The van der Waals surface area contributed by atoms with Gasteiger partial charge in [0.2, 0.25) is 0 Å². The lowest BCUT2D eigenvalue weighted by Crippen LogP contribution is -2.21. The van der Waals surface area contributed by atoms with Crippen LogP contribution in [-0.2, 0) is 13.1 Å². The second-order valence-corrected chi connectivity index (χ2v) is 7.36. The summed E-state index contributed by atoms with van der Waals surface area (Å²) in [6.45, 7) is 4.99. The van der Waals surface area contributed by atoms with Gasteiger partial charge in [0.1, 0.15) is 5.82 Å². The van der Waals surface area contributed by atoms with Crippen LogP contribution in [-0.4, -0.2) is 41.3 Å². The normalized spacial score (nSPS) is 14.6. The molecule has 0 aliphatic carbocycles. The molecule has 0 saturated carbocycles. The second-order valence-electron chi connectivity index (χ2n) is 7.36. The number of aryl methyl sites for hydroxylation is 1. The number of benzene rings is 2. The minimum absolute atomic E-state index is 0.689. The lowest BCUT2D eigenvalue weighted by Gasteiger charge is -2.16. The molecule has 148 valence electrons. The maximum atomic E-state index is 5.91. The molecule has 0 unspecified atom stereocenters. The van der Waals surface area contributed by atoms with E-state index in [1.165, 1.54) is 37.3 Å². The van der Waals surface area contributed by atoms with Crippen molar-refractivity contribution < 1.29 is 9.47 Å². The highest BCUT2D eigenvalue weighted by molar-refractivity contribution is 5.75. The van der Waals surface area contributed by atoms with E-state index in [-0.39, 0.29) is 0 Å². The number of para-hydroxylation sites is 4. The summed E-state index contributed by atoms with van der Waals surface area (Å²) in [4.78, 5) is 7.44. The van der Waals surface area contributed by atoms with Gasteiger partial charge in [-0.3, -0.25) is 4.90 Å². The number of hydrogen-bond acceptors (Lipinski definition) is 4. The Bertz CT molecular complexity index is 900. The van der Waals surface area contributed by atoms with Crippen LogP contribution < -0.4 is 9.47 Å². The van der Waals surface area contributed by atoms with Crippen LogP contribution in [0, 0.1) is 0 Å². The zero-order chi connectivity index (χ0) is 19.2. The van der Waals surface area contributed by atoms with E-state index in [0.29, 0.717) is 6.61 Å². The summed E-state index contributed by atoms with van der Waals surface area (Å²) in [6.07, 6.45) is 4.66. The van der Waals surface area contributed by atoms with Crippen LogP contribution in [0.15, 0.2) is 48.5 Å². The Morgan fingerprint density at radius 3 is 2.50 bits per heavy atom. The van der Waals surface area contributed by atoms with Gasteiger partial charge in [0, 0.05) is 6.54 Å². The number of rotatable bonds is 9. The van der Waals surface area contributed by atoms with Crippen molar-refractivity contribution in [2.24, 2.45) is 0 Å². The zero-order valence-electron chi connectivity index (χ0n) is 16.6. The summed E-state index contributed by atoms with van der Waals surface area (Å²) >= 11 is 0. The van der Waals surface area contributed by atoms with E-state index in [1.807, 2.05) is 24.3 Å². The largest absolute Gasteiger partial charge is 0.493 e.